The molecule has 2 nitrogen and oxygen atoms in total. The summed E-state index contributed by atoms with van der Waals surface area (Å²) in [6, 6.07) is 5.05. The maximum absolute atomic E-state index is 5.81. The molecular formula is C18H29NO. The highest BCUT2D eigenvalue weighted by molar-refractivity contribution is 5.40. The summed E-state index contributed by atoms with van der Waals surface area (Å²) in [6.07, 6.45) is 2.73. The number of aryl methyl sites for hydroxylation is 3. The fourth-order valence-corrected chi connectivity index (χ4v) is 3.57. The molecule has 0 aliphatic carbocycles. The van der Waals surface area contributed by atoms with Crippen LogP contribution in [0.15, 0.2) is 12.1 Å². The SMILES string of the molecule is CCCNC(c1c(C)cc(C)cc1C)C1COC(C)C1. The maximum atomic E-state index is 5.81. The first-order valence-electron chi connectivity index (χ1n) is 7.95. The van der Waals surface area contributed by atoms with Crippen LogP contribution in [0.3, 0.4) is 0 Å². The zero-order chi connectivity index (χ0) is 14.7. The molecule has 1 heterocycles. The minimum atomic E-state index is 0.400. The number of hydrogen-bond donors (Lipinski definition) is 1. The van der Waals surface area contributed by atoms with Crippen molar-refractivity contribution in [3.63, 3.8) is 0 Å². The molecule has 1 fully saturated rings. The third kappa shape index (κ3) is 3.42. The molecule has 1 N–H and O–H groups in total. The van der Waals surface area contributed by atoms with E-state index in [0.717, 1.165) is 19.6 Å². The van der Waals surface area contributed by atoms with Crippen molar-refractivity contribution < 1.29 is 4.74 Å². The van der Waals surface area contributed by atoms with E-state index in [9.17, 15) is 0 Å². The molecule has 1 saturated heterocycles. The van der Waals surface area contributed by atoms with Gasteiger partial charge in [-0.15, -0.1) is 0 Å². The standard InChI is InChI=1S/C18H29NO/c1-6-7-19-18(16-10-15(5)20-11-16)17-13(3)8-12(2)9-14(17)4/h8-9,15-16,18-19H,6-7,10-11H2,1-5H3. The van der Waals surface area contributed by atoms with E-state index in [4.69, 9.17) is 4.74 Å². The van der Waals surface area contributed by atoms with Crippen molar-refractivity contribution in [1.82, 2.24) is 5.32 Å². The second kappa shape index (κ2) is 6.73. The van der Waals surface area contributed by atoms with E-state index in [1.807, 2.05) is 0 Å². The normalized spacial score (nSPS) is 24.1. The summed E-state index contributed by atoms with van der Waals surface area (Å²) in [6.45, 7) is 13.0. The van der Waals surface area contributed by atoms with Gasteiger partial charge in [0, 0.05) is 12.0 Å². The summed E-state index contributed by atoms with van der Waals surface area (Å²) in [4.78, 5) is 0. The van der Waals surface area contributed by atoms with Gasteiger partial charge in [-0.05, 0) is 63.8 Å². The average Bonchev–Trinajstić information content (AvgIpc) is 2.78. The predicted octanol–water partition coefficient (Wildman–Crippen LogP) is 4.08. The lowest BCUT2D eigenvalue weighted by Gasteiger charge is -2.28. The smallest absolute Gasteiger partial charge is 0.0551 e. The summed E-state index contributed by atoms with van der Waals surface area (Å²) in [5.41, 5.74) is 5.67. The average molecular weight is 275 g/mol. The largest absolute Gasteiger partial charge is 0.378 e. The number of benzene rings is 1. The molecule has 1 aromatic rings. The van der Waals surface area contributed by atoms with Crippen LogP contribution in [0.25, 0.3) is 0 Å². The van der Waals surface area contributed by atoms with E-state index in [-0.39, 0.29) is 0 Å². The molecule has 1 aliphatic rings. The van der Waals surface area contributed by atoms with Crippen LogP contribution < -0.4 is 5.32 Å². The monoisotopic (exact) mass is 275 g/mol. The Morgan fingerprint density at radius 3 is 2.40 bits per heavy atom. The number of hydrogen-bond acceptors (Lipinski definition) is 2. The Morgan fingerprint density at radius 1 is 1.25 bits per heavy atom. The lowest BCUT2D eigenvalue weighted by molar-refractivity contribution is 0.117. The number of nitrogens with one attached hydrogen (secondary N) is 1. The summed E-state index contributed by atoms with van der Waals surface area (Å²) >= 11 is 0. The highest BCUT2D eigenvalue weighted by atomic mass is 16.5. The van der Waals surface area contributed by atoms with Crippen LogP contribution >= 0.6 is 0 Å². The molecule has 2 heteroatoms. The van der Waals surface area contributed by atoms with Gasteiger partial charge >= 0.3 is 0 Å². The van der Waals surface area contributed by atoms with Crippen molar-refractivity contribution in [3.05, 3.63) is 34.4 Å². The molecule has 3 unspecified atom stereocenters. The molecule has 3 atom stereocenters. The van der Waals surface area contributed by atoms with Gasteiger partial charge in [0.2, 0.25) is 0 Å². The molecule has 1 aliphatic heterocycles. The number of ether oxygens (including phenoxy) is 1. The van der Waals surface area contributed by atoms with Crippen molar-refractivity contribution in [2.45, 2.75) is 59.6 Å². The summed E-state index contributed by atoms with van der Waals surface area (Å²) in [5.74, 6) is 0.594. The van der Waals surface area contributed by atoms with E-state index in [2.05, 4.69) is 52.1 Å². The molecule has 0 saturated carbocycles. The van der Waals surface area contributed by atoms with Crippen molar-refractivity contribution in [1.29, 1.82) is 0 Å². The van der Waals surface area contributed by atoms with E-state index >= 15 is 0 Å². The van der Waals surface area contributed by atoms with Gasteiger partial charge in [-0.3, -0.25) is 0 Å². The third-order valence-electron chi connectivity index (χ3n) is 4.36. The third-order valence-corrected chi connectivity index (χ3v) is 4.36. The molecular weight excluding hydrogens is 246 g/mol. The van der Waals surface area contributed by atoms with E-state index in [0.29, 0.717) is 18.1 Å². The fraction of sp³-hybridized carbons (Fsp3) is 0.667. The van der Waals surface area contributed by atoms with Gasteiger partial charge in [0.05, 0.1) is 12.7 Å². The van der Waals surface area contributed by atoms with Gasteiger partial charge in [0.15, 0.2) is 0 Å². The van der Waals surface area contributed by atoms with E-state index < -0.39 is 0 Å². The van der Waals surface area contributed by atoms with Gasteiger partial charge in [0.1, 0.15) is 0 Å². The summed E-state index contributed by atoms with van der Waals surface area (Å²) in [5, 5.41) is 3.77. The van der Waals surface area contributed by atoms with Gasteiger partial charge in [-0.25, -0.2) is 0 Å². The van der Waals surface area contributed by atoms with Crippen LogP contribution in [-0.4, -0.2) is 19.3 Å². The Balaban J connectivity index is 2.31. The molecule has 0 bridgehead atoms. The van der Waals surface area contributed by atoms with Crippen LogP contribution in [0.5, 0.6) is 0 Å². The van der Waals surface area contributed by atoms with E-state index in [1.54, 1.807) is 0 Å². The first-order valence-corrected chi connectivity index (χ1v) is 7.95. The second-order valence-corrected chi connectivity index (χ2v) is 6.38. The quantitative estimate of drug-likeness (QED) is 0.874. The van der Waals surface area contributed by atoms with E-state index in [1.165, 1.54) is 28.7 Å². The van der Waals surface area contributed by atoms with Crippen LogP contribution in [0.4, 0.5) is 0 Å². The molecule has 2 rings (SSSR count). The van der Waals surface area contributed by atoms with Gasteiger partial charge in [0.25, 0.3) is 0 Å². The first kappa shape index (κ1) is 15.5. The molecule has 1 aromatic carbocycles. The predicted molar refractivity (Wildman–Crippen MR) is 85.2 cm³/mol. The van der Waals surface area contributed by atoms with Crippen LogP contribution in [0.2, 0.25) is 0 Å². The molecule has 0 aromatic heterocycles. The Labute approximate surface area is 123 Å². The molecule has 20 heavy (non-hydrogen) atoms. The highest BCUT2D eigenvalue weighted by Crippen LogP contribution is 2.35. The van der Waals surface area contributed by atoms with Gasteiger partial charge < -0.3 is 10.1 Å². The van der Waals surface area contributed by atoms with Crippen LogP contribution in [-0.2, 0) is 4.74 Å². The highest BCUT2D eigenvalue weighted by Gasteiger charge is 2.31. The molecule has 112 valence electrons. The Kier molecular flexibility index (Phi) is 5.22. The maximum Gasteiger partial charge on any atom is 0.0551 e. The topological polar surface area (TPSA) is 21.3 Å². The summed E-state index contributed by atoms with van der Waals surface area (Å²) in [7, 11) is 0. The zero-order valence-corrected chi connectivity index (χ0v) is 13.6. The van der Waals surface area contributed by atoms with Gasteiger partial charge in [-0.2, -0.15) is 0 Å². The minimum Gasteiger partial charge on any atom is -0.378 e. The Morgan fingerprint density at radius 2 is 1.90 bits per heavy atom. The van der Waals surface area contributed by atoms with Crippen LogP contribution in [0, 0.1) is 26.7 Å². The zero-order valence-electron chi connectivity index (χ0n) is 13.6. The molecule has 0 amide bonds. The second-order valence-electron chi connectivity index (χ2n) is 6.38. The summed E-state index contributed by atoms with van der Waals surface area (Å²) < 4.78 is 5.81. The first-order chi connectivity index (χ1) is 9.52. The lowest BCUT2D eigenvalue weighted by atomic mass is 9.85. The fourth-order valence-electron chi connectivity index (χ4n) is 3.57. The van der Waals surface area contributed by atoms with Crippen molar-refractivity contribution >= 4 is 0 Å². The van der Waals surface area contributed by atoms with Gasteiger partial charge in [-0.1, -0.05) is 24.6 Å². The van der Waals surface area contributed by atoms with Crippen LogP contribution in [0.1, 0.15) is 55.0 Å². The Hall–Kier alpha value is -0.860. The van der Waals surface area contributed by atoms with Crippen molar-refractivity contribution in [2.24, 2.45) is 5.92 Å². The van der Waals surface area contributed by atoms with Crippen molar-refractivity contribution in [3.8, 4) is 0 Å². The Bertz CT molecular complexity index is 432. The van der Waals surface area contributed by atoms with Crippen molar-refractivity contribution in [2.75, 3.05) is 13.2 Å². The minimum absolute atomic E-state index is 0.400. The lowest BCUT2D eigenvalue weighted by Crippen LogP contribution is -2.30. The molecule has 0 spiro atoms. The molecule has 0 radical (unpaired) electrons. The number of rotatable bonds is 5.